The van der Waals surface area contributed by atoms with Crippen LogP contribution < -0.4 is 0 Å². The molecule has 0 heterocycles. The van der Waals surface area contributed by atoms with E-state index in [2.05, 4.69) is 4.74 Å². The molecule has 1 saturated carbocycles. The third-order valence-corrected chi connectivity index (χ3v) is 1.82. The number of alkyl halides is 2. The summed E-state index contributed by atoms with van der Waals surface area (Å²) in [5.74, 6) is -0.663. The van der Waals surface area contributed by atoms with Crippen LogP contribution in [0.15, 0.2) is 0 Å². The van der Waals surface area contributed by atoms with Crippen LogP contribution in [0.4, 0.5) is 8.78 Å². The predicted octanol–water partition coefficient (Wildman–Crippen LogP) is 0.359. The maximum absolute atomic E-state index is 12.8. The molecule has 0 saturated heterocycles. The molecule has 1 fully saturated rings. The number of ether oxygens (including phenoxy) is 1. The van der Waals surface area contributed by atoms with Gasteiger partial charge in [-0.25, -0.2) is 8.78 Å². The van der Waals surface area contributed by atoms with Gasteiger partial charge in [0.1, 0.15) is 6.10 Å². The number of carbonyl (C=O) groups excluding carboxylic acids is 1. The number of aliphatic hydroxyl groups is 1. The number of hydrogen-bond acceptors (Lipinski definition) is 3. The first-order valence-corrected chi connectivity index (χ1v) is 3.66. The van der Waals surface area contributed by atoms with Gasteiger partial charge in [0.15, 0.2) is 12.3 Å². The van der Waals surface area contributed by atoms with Crippen LogP contribution in [0, 0.1) is 0 Å². The van der Waals surface area contributed by atoms with Gasteiger partial charge >= 0.3 is 5.97 Å². The monoisotopic (exact) mass is 180 g/mol. The van der Waals surface area contributed by atoms with Gasteiger partial charge in [-0.05, 0) is 0 Å². The van der Waals surface area contributed by atoms with Crippen LogP contribution >= 0.6 is 0 Å². The van der Waals surface area contributed by atoms with E-state index >= 15 is 0 Å². The number of aliphatic hydroxyl groups excluding tert-OH is 1. The average molecular weight is 180 g/mol. The number of halogens is 2. The topological polar surface area (TPSA) is 46.5 Å². The standard InChI is InChI=1S/C7H10F2O3/c1-3(10)12-5-2-4(11)6(8)7(5)9/h4-7,11H,2H2,1H3/t4-,5+,6+,7-/m0/s1. The molecular formula is C7H10F2O3. The lowest BCUT2D eigenvalue weighted by Crippen LogP contribution is -2.27. The van der Waals surface area contributed by atoms with E-state index in [9.17, 15) is 13.6 Å². The Morgan fingerprint density at radius 1 is 1.50 bits per heavy atom. The highest BCUT2D eigenvalue weighted by Gasteiger charge is 2.45. The Morgan fingerprint density at radius 2 is 2.08 bits per heavy atom. The van der Waals surface area contributed by atoms with E-state index in [0.717, 1.165) is 6.92 Å². The minimum atomic E-state index is -1.94. The van der Waals surface area contributed by atoms with Crippen molar-refractivity contribution in [1.29, 1.82) is 0 Å². The Kier molecular flexibility index (Phi) is 2.62. The molecule has 0 radical (unpaired) electrons. The third kappa shape index (κ3) is 1.72. The molecule has 1 aliphatic rings. The Hall–Kier alpha value is -0.710. The first-order chi connectivity index (χ1) is 5.52. The Morgan fingerprint density at radius 3 is 2.42 bits per heavy atom. The molecule has 0 spiro atoms. The second kappa shape index (κ2) is 3.35. The molecule has 0 aromatic rings. The summed E-state index contributed by atoms with van der Waals surface area (Å²) in [6.45, 7) is 1.12. The minimum absolute atomic E-state index is 0.165. The van der Waals surface area contributed by atoms with E-state index < -0.39 is 30.5 Å². The van der Waals surface area contributed by atoms with Crippen molar-refractivity contribution in [2.45, 2.75) is 37.9 Å². The van der Waals surface area contributed by atoms with Crippen molar-refractivity contribution in [2.24, 2.45) is 0 Å². The zero-order chi connectivity index (χ0) is 9.30. The molecule has 4 atom stereocenters. The molecule has 1 N–H and O–H groups in total. The van der Waals surface area contributed by atoms with Gasteiger partial charge in [-0.3, -0.25) is 4.79 Å². The summed E-state index contributed by atoms with van der Waals surface area (Å²) in [6, 6.07) is 0. The summed E-state index contributed by atoms with van der Waals surface area (Å²) in [5.41, 5.74) is 0. The fourth-order valence-corrected chi connectivity index (χ4v) is 1.24. The van der Waals surface area contributed by atoms with Crippen molar-refractivity contribution in [2.75, 3.05) is 0 Å². The van der Waals surface area contributed by atoms with Crippen molar-refractivity contribution < 1.29 is 23.4 Å². The third-order valence-electron chi connectivity index (χ3n) is 1.82. The Bertz CT molecular complexity index is 185. The van der Waals surface area contributed by atoms with E-state index in [0.29, 0.717) is 0 Å². The van der Waals surface area contributed by atoms with Gasteiger partial charge in [0.2, 0.25) is 0 Å². The van der Waals surface area contributed by atoms with Gasteiger partial charge in [0.25, 0.3) is 0 Å². The minimum Gasteiger partial charge on any atom is -0.459 e. The molecule has 5 heteroatoms. The van der Waals surface area contributed by atoms with Crippen LogP contribution in [-0.4, -0.2) is 35.6 Å². The number of esters is 1. The van der Waals surface area contributed by atoms with Crippen LogP contribution in [0.1, 0.15) is 13.3 Å². The zero-order valence-electron chi connectivity index (χ0n) is 6.54. The molecule has 0 unspecified atom stereocenters. The quantitative estimate of drug-likeness (QED) is 0.592. The fourth-order valence-electron chi connectivity index (χ4n) is 1.24. The lowest BCUT2D eigenvalue weighted by Gasteiger charge is -2.12. The zero-order valence-corrected chi connectivity index (χ0v) is 6.54. The van der Waals surface area contributed by atoms with Gasteiger partial charge in [0.05, 0.1) is 6.10 Å². The van der Waals surface area contributed by atoms with E-state index in [4.69, 9.17) is 5.11 Å². The SMILES string of the molecule is CC(=O)O[C@@H]1C[C@H](O)[C@@H](F)[C@H]1F. The van der Waals surface area contributed by atoms with Crippen LogP contribution in [0.25, 0.3) is 0 Å². The van der Waals surface area contributed by atoms with Gasteiger partial charge in [-0.15, -0.1) is 0 Å². The second-order valence-electron chi connectivity index (χ2n) is 2.84. The summed E-state index contributed by atoms with van der Waals surface area (Å²) in [5, 5.41) is 8.85. The molecule has 0 aromatic carbocycles. The van der Waals surface area contributed by atoms with Crippen LogP contribution in [0.5, 0.6) is 0 Å². The number of carbonyl (C=O) groups is 1. The van der Waals surface area contributed by atoms with E-state index in [1.165, 1.54) is 0 Å². The summed E-state index contributed by atoms with van der Waals surface area (Å²) in [6.07, 6.45) is -6.49. The molecule has 0 bridgehead atoms. The van der Waals surface area contributed by atoms with E-state index in [1.54, 1.807) is 0 Å². The summed E-state index contributed by atoms with van der Waals surface area (Å²) < 4.78 is 29.8. The Balaban J connectivity index is 2.52. The van der Waals surface area contributed by atoms with Gasteiger partial charge < -0.3 is 9.84 Å². The molecule has 0 amide bonds. The maximum atomic E-state index is 12.8. The average Bonchev–Trinajstić information content (AvgIpc) is 2.17. The van der Waals surface area contributed by atoms with E-state index in [-0.39, 0.29) is 6.42 Å². The van der Waals surface area contributed by atoms with Crippen LogP contribution in [0.3, 0.4) is 0 Å². The van der Waals surface area contributed by atoms with E-state index in [1.807, 2.05) is 0 Å². The smallest absolute Gasteiger partial charge is 0.303 e. The highest BCUT2D eigenvalue weighted by Crippen LogP contribution is 2.28. The molecule has 12 heavy (non-hydrogen) atoms. The molecule has 1 aliphatic carbocycles. The molecule has 70 valence electrons. The number of hydrogen-bond donors (Lipinski definition) is 1. The van der Waals surface area contributed by atoms with Crippen molar-refractivity contribution >= 4 is 5.97 Å². The van der Waals surface area contributed by atoms with Crippen LogP contribution in [0.2, 0.25) is 0 Å². The van der Waals surface area contributed by atoms with Crippen molar-refractivity contribution in [3.8, 4) is 0 Å². The lowest BCUT2D eigenvalue weighted by atomic mass is 10.3. The first kappa shape index (κ1) is 9.38. The molecule has 3 nitrogen and oxygen atoms in total. The van der Waals surface area contributed by atoms with Crippen LogP contribution in [-0.2, 0) is 9.53 Å². The Labute approximate surface area is 68.3 Å². The van der Waals surface area contributed by atoms with Gasteiger partial charge in [-0.2, -0.15) is 0 Å². The predicted molar refractivity (Wildman–Crippen MR) is 36.0 cm³/mol. The largest absolute Gasteiger partial charge is 0.459 e. The van der Waals surface area contributed by atoms with Gasteiger partial charge in [-0.1, -0.05) is 0 Å². The molecular weight excluding hydrogens is 170 g/mol. The lowest BCUT2D eigenvalue weighted by molar-refractivity contribution is -0.149. The normalized spacial score (nSPS) is 41.3. The summed E-state index contributed by atoms with van der Waals surface area (Å²) in [7, 11) is 0. The van der Waals surface area contributed by atoms with Crippen molar-refractivity contribution in [3.05, 3.63) is 0 Å². The van der Waals surface area contributed by atoms with Gasteiger partial charge in [0, 0.05) is 13.3 Å². The number of rotatable bonds is 1. The first-order valence-electron chi connectivity index (χ1n) is 3.66. The maximum Gasteiger partial charge on any atom is 0.303 e. The summed E-state index contributed by atoms with van der Waals surface area (Å²) in [4.78, 5) is 10.4. The fraction of sp³-hybridized carbons (Fsp3) is 0.857. The molecule has 0 aliphatic heterocycles. The highest BCUT2D eigenvalue weighted by atomic mass is 19.2. The molecule has 1 rings (SSSR count). The summed E-state index contributed by atoms with van der Waals surface area (Å²) >= 11 is 0. The molecule has 0 aromatic heterocycles. The highest BCUT2D eigenvalue weighted by molar-refractivity contribution is 5.66. The van der Waals surface area contributed by atoms with Crippen molar-refractivity contribution in [3.63, 3.8) is 0 Å². The van der Waals surface area contributed by atoms with Crippen molar-refractivity contribution in [1.82, 2.24) is 0 Å². The second-order valence-corrected chi connectivity index (χ2v) is 2.84.